The summed E-state index contributed by atoms with van der Waals surface area (Å²) in [6, 6.07) is 20.0. The van der Waals surface area contributed by atoms with Crippen LogP contribution in [0.4, 0.5) is 0 Å². The molecule has 4 aromatic rings. The molecule has 1 heterocycles. The molecule has 0 saturated heterocycles. The molecule has 0 atom stereocenters. The maximum Gasteiger partial charge on any atom is 0.138 e. The number of methoxy groups -OCH3 is 2. The van der Waals surface area contributed by atoms with Crippen molar-refractivity contribution in [2.75, 3.05) is 14.2 Å². The van der Waals surface area contributed by atoms with Gasteiger partial charge in [-0.1, -0.05) is 41.5 Å². The van der Waals surface area contributed by atoms with Gasteiger partial charge in [0, 0.05) is 27.8 Å². The number of benzene rings is 3. The number of aromatic nitrogens is 2. The van der Waals surface area contributed by atoms with Gasteiger partial charge in [-0.2, -0.15) is 0 Å². The zero-order chi connectivity index (χ0) is 26.3. The van der Waals surface area contributed by atoms with Crippen molar-refractivity contribution in [2.45, 2.75) is 52.4 Å². The van der Waals surface area contributed by atoms with Gasteiger partial charge in [0.2, 0.25) is 0 Å². The second-order valence-electron chi connectivity index (χ2n) is 11.2. The van der Waals surface area contributed by atoms with E-state index < -0.39 is 0 Å². The van der Waals surface area contributed by atoms with E-state index in [9.17, 15) is 5.11 Å². The van der Waals surface area contributed by atoms with Gasteiger partial charge in [0.1, 0.15) is 23.1 Å². The van der Waals surface area contributed by atoms with Crippen LogP contribution in [0.2, 0.25) is 0 Å². The molecule has 5 nitrogen and oxygen atoms in total. The third-order valence-electron chi connectivity index (χ3n) is 6.45. The van der Waals surface area contributed by atoms with Gasteiger partial charge >= 0.3 is 0 Å². The van der Waals surface area contributed by atoms with E-state index in [0.29, 0.717) is 5.75 Å². The molecule has 0 saturated carbocycles. The maximum atomic E-state index is 11.2. The monoisotopic (exact) mass is 484 g/mol. The van der Waals surface area contributed by atoms with E-state index in [4.69, 9.17) is 14.5 Å². The van der Waals surface area contributed by atoms with Crippen LogP contribution in [0.25, 0.3) is 33.9 Å². The molecule has 0 aliphatic rings. The summed E-state index contributed by atoms with van der Waals surface area (Å²) in [4.78, 5) is 8.68. The number of aromatic hydroxyl groups is 1. The second-order valence-corrected chi connectivity index (χ2v) is 11.2. The number of hydrogen-bond donors (Lipinski definition) is 2. The molecule has 0 spiro atoms. The summed E-state index contributed by atoms with van der Waals surface area (Å²) in [5.74, 6) is 2.70. The lowest BCUT2D eigenvalue weighted by Crippen LogP contribution is -2.17. The molecule has 0 bridgehead atoms. The average Bonchev–Trinajstić information content (AvgIpc) is 3.28. The van der Waals surface area contributed by atoms with Crippen molar-refractivity contribution in [2.24, 2.45) is 0 Å². The molecular weight excluding hydrogens is 448 g/mol. The van der Waals surface area contributed by atoms with E-state index >= 15 is 0 Å². The van der Waals surface area contributed by atoms with Crippen molar-refractivity contribution in [3.63, 3.8) is 0 Å². The van der Waals surface area contributed by atoms with Crippen molar-refractivity contribution in [1.82, 2.24) is 9.97 Å². The fraction of sp³-hybridized carbons (Fsp3) is 0.323. The van der Waals surface area contributed by atoms with Crippen molar-refractivity contribution >= 4 is 0 Å². The van der Waals surface area contributed by atoms with Gasteiger partial charge in [-0.15, -0.1) is 0 Å². The highest BCUT2D eigenvalue weighted by molar-refractivity contribution is 5.82. The number of phenolic OH excluding ortho intramolecular Hbond substituents is 1. The van der Waals surface area contributed by atoms with Crippen LogP contribution in [0, 0.1) is 0 Å². The Labute approximate surface area is 214 Å². The van der Waals surface area contributed by atoms with Gasteiger partial charge in [-0.05, 0) is 71.5 Å². The number of hydrogen-bond acceptors (Lipinski definition) is 4. The summed E-state index contributed by atoms with van der Waals surface area (Å²) in [6.07, 6.45) is 0. The molecule has 1 aromatic heterocycles. The Bertz CT molecular complexity index is 1250. The number of rotatable bonds is 5. The highest BCUT2D eigenvalue weighted by Crippen LogP contribution is 2.43. The molecule has 5 heteroatoms. The first-order valence-electron chi connectivity index (χ1n) is 12.2. The van der Waals surface area contributed by atoms with E-state index in [2.05, 4.69) is 58.7 Å². The minimum absolute atomic E-state index is 0.232. The molecule has 188 valence electrons. The standard InChI is InChI=1S/C31H36N2O3/c1-30(2,3)24-17-21(18-25(28(24)34)31(4,5)6)29-32-26(19-9-13-22(35-7)14-10-19)27(33-29)20-11-15-23(36-8)16-12-20/h9-18,34H,1-8H3,(H,32,33). The van der Waals surface area contributed by atoms with Crippen LogP contribution in [0.5, 0.6) is 17.2 Å². The Morgan fingerprint density at radius 1 is 0.667 bits per heavy atom. The van der Waals surface area contributed by atoms with E-state index in [0.717, 1.165) is 56.5 Å². The van der Waals surface area contributed by atoms with Crippen molar-refractivity contribution < 1.29 is 14.6 Å². The summed E-state index contributed by atoms with van der Waals surface area (Å²) >= 11 is 0. The van der Waals surface area contributed by atoms with Crippen LogP contribution in [0.1, 0.15) is 52.7 Å². The van der Waals surface area contributed by atoms with E-state index in [-0.39, 0.29) is 10.8 Å². The molecule has 36 heavy (non-hydrogen) atoms. The Morgan fingerprint density at radius 3 is 1.53 bits per heavy atom. The maximum absolute atomic E-state index is 11.2. The fourth-order valence-electron chi connectivity index (χ4n) is 4.35. The number of phenols is 1. The van der Waals surface area contributed by atoms with Crippen LogP contribution in [-0.4, -0.2) is 29.3 Å². The molecule has 2 N–H and O–H groups in total. The highest BCUT2D eigenvalue weighted by atomic mass is 16.5. The minimum Gasteiger partial charge on any atom is -0.507 e. The van der Waals surface area contributed by atoms with Crippen molar-refractivity contribution in [1.29, 1.82) is 0 Å². The number of nitrogens with zero attached hydrogens (tertiary/aromatic N) is 1. The number of ether oxygens (including phenoxy) is 2. The number of imidazole rings is 1. The van der Waals surface area contributed by atoms with Gasteiger partial charge in [0.15, 0.2) is 0 Å². The summed E-state index contributed by atoms with van der Waals surface area (Å²) in [5, 5.41) is 11.2. The lowest BCUT2D eigenvalue weighted by atomic mass is 9.78. The van der Waals surface area contributed by atoms with Crippen LogP contribution >= 0.6 is 0 Å². The molecule has 4 rings (SSSR count). The van der Waals surface area contributed by atoms with E-state index in [1.165, 1.54) is 0 Å². The second kappa shape index (κ2) is 9.38. The minimum atomic E-state index is -0.232. The Kier molecular flexibility index (Phi) is 6.61. The predicted octanol–water partition coefficient (Wildman–Crippen LogP) is 7.73. The zero-order valence-electron chi connectivity index (χ0n) is 22.5. The van der Waals surface area contributed by atoms with E-state index in [1.54, 1.807) is 14.2 Å². The lowest BCUT2D eigenvalue weighted by molar-refractivity contribution is 0.414. The van der Waals surface area contributed by atoms with Gasteiger partial charge in [-0.25, -0.2) is 4.98 Å². The van der Waals surface area contributed by atoms with Crippen molar-refractivity contribution in [3.8, 4) is 51.2 Å². The Morgan fingerprint density at radius 2 is 1.11 bits per heavy atom. The normalized spacial score (nSPS) is 12.0. The summed E-state index contributed by atoms with van der Waals surface area (Å²) in [5.41, 5.74) is 6.03. The quantitative estimate of drug-likeness (QED) is 0.304. The first kappa shape index (κ1) is 25.4. The number of H-pyrrole nitrogens is 1. The molecule has 0 unspecified atom stereocenters. The van der Waals surface area contributed by atoms with E-state index in [1.807, 2.05) is 48.5 Å². The zero-order valence-corrected chi connectivity index (χ0v) is 22.5. The topological polar surface area (TPSA) is 67.4 Å². The van der Waals surface area contributed by atoms with Gasteiger partial charge in [0.25, 0.3) is 0 Å². The third kappa shape index (κ3) is 4.97. The van der Waals surface area contributed by atoms with Crippen molar-refractivity contribution in [3.05, 3.63) is 71.8 Å². The van der Waals surface area contributed by atoms with Crippen LogP contribution in [-0.2, 0) is 10.8 Å². The van der Waals surface area contributed by atoms with Crippen LogP contribution < -0.4 is 9.47 Å². The Balaban J connectivity index is 1.95. The molecule has 0 fully saturated rings. The average molecular weight is 485 g/mol. The Hall–Kier alpha value is -3.73. The van der Waals surface area contributed by atoms with Gasteiger partial charge in [0.05, 0.1) is 25.6 Å². The SMILES string of the molecule is COc1ccc(-c2nc(-c3cc(C(C)(C)C)c(O)c(C(C)(C)C)c3)[nH]c2-c2ccc(OC)cc2)cc1. The first-order chi connectivity index (χ1) is 16.9. The molecule has 0 radical (unpaired) electrons. The first-order valence-corrected chi connectivity index (χ1v) is 12.2. The molecule has 3 aromatic carbocycles. The smallest absolute Gasteiger partial charge is 0.138 e. The molecule has 0 aliphatic carbocycles. The largest absolute Gasteiger partial charge is 0.507 e. The summed E-state index contributed by atoms with van der Waals surface area (Å²) < 4.78 is 10.7. The number of aromatic amines is 1. The third-order valence-corrected chi connectivity index (χ3v) is 6.45. The van der Waals surface area contributed by atoms with Gasteiger partial charge in [-0.3, -0.25) is 0 Å². The number of nitrogens with one attached hydrogen (secondary N) is 1. The lowest BCUT2D eigenvalue weighted by Gasteiger charge is -2.28. The van der Waals surface area contributed by atoms with Crippen LogP contribution in [0.3, 0.4) is 0 Å². The van der Waals surface area contributed by atoms with Gasteiger partial charge < -0.3 is 19.6 Å². The van der Waals surface area contributed by atoms with Crippen LogP contribution in [0.15, 0.2) is 60.7 Å². The molecule has 0 amide bonds. The summed E-state index contributed by atoms with van der Waals surface area (Å²) in [6.45, 7) is 12.7. The summed E-state index contributed by atoms with van der Waals surface area (Å²) in [7, 11) is 3.32. The fourth-order valence-corrected chi connectivity index (χ4v) is 4.35. The predicted molar refractivity (Wildman–Crippen MR) is 147 cm³/mol. The molecule has 0 aliphatic heterocycles. The highest BCUT2D eigenvalue weighted by Gasteiger charge is 2.28. The molecular formula is C31H36N2O3.